The molecule has 2 heteroatoms. The predicted molar refractivity (Wildman–Crippen MR) is 111 cm³/mol. The summed E-state index contributed by atoms with van der Waals surface area (Å²) in [6.07, 6.45) is 10.6. The zero-order valence-electron chi connectivity index (χ0n) is 15.0. The van der Waals surface area contributed by atoms with Crippen molar-refractivity contribution in [3.05, 3.63) is 58.7 Å². The summed E-state index contributed by atoms with van der Waals surface area (Å²) in [5, 5.41) is 0. The van der Waals surface area contributed by atoms with E-state index in [1.165, 1.54) is 71.9 Å². The smallest absolute Gasteiger partial charge is 0.0223 e. The first kappa shape index (κ1) is 18.8. The normalized spacial score (nSPS) is 12.2. The maximum absolute atomic E-state index is 5.77. The molecule has 134 valence electrons. The molecule has 0 N–H and O–H groups in total. The van der Waals surface area contributed by atoms with Gasteiger partial charge in [-0.05, 0) is 78.3 Å². The third-order valence-electron chi connectivity index (χ3n) is 5.21. The van der Waals surface area contributed by atoms with Gasteiger partial charge in [-0.2, -0.15) is 0 Å². The Balaban J connectivity index is 1.63. The summed E-state index contributed by atoms with van der Waals surface area (Å²) in [4.78, 5) is 0. The average molecular weight is 375 g/mol. The van der Waals surface area contributed by atoms with Crippen LogP contribution >= 0.6 is 23.2 Å². The third-order valence-corrected chi connectivity index (χ3v) is 5.74. The fourth-order valence-electron chi connectivity index (χ4n) is 3.83. The summed E-state index contributed by atoms with van der Waals surface area (Å²) in [6.45, 7) is 0. The molecule has 0 amide bonds. The van der Waals surface area contributed by atoms with Gasteiger partial charge in [0.15, 0.2) is 0 Å². The molecule has 0 fully saturated rings. The molecule has 1 aliphatic rings. The van der Waals surface area contributed by atoms with E-state index in [-0.39, 0.29) is 0 Å². The lowest BCUT2D eigenvalue weighted by molar-refractivity contribution is 0.720. The first-order valence-corrected chi connectivity index (χ1v) is 10.7. The number of unbranched alkanes of at least 4 members (excludes halogenated alkanes) is 4. The van der Waals surface area contributed by atoms with E-state index in [2.05, 4.69) is 36.4 Å². The topological polar surface area (TPSA) is 0 Å². The lowest BCUT2D eigenvalue weighted by Gasteiger charge is -2.06. The molecule has 1 aliphatic carbocycles. The molecule has 0 bridgehead atoms. The van der Waals surface area contributed by atoms with Crippen molar-refractivity contribution in [2.45, 2.75) is 57.8 Å². The Labute approximate surface area is 162 Å². The van der Waals surface area contributed by atoms with Crippen molar-refractivity contribution in [1.29, 1.82) is 0 Å². The minimum absolute atomic E-state index is 0.785. The standard InChI is InChI=1S/C23H28Cl2/c24-13-5-1-3-7-18-9-11-22-20(15-18)17-21-16-19(10-12-23(21)22)8-4-2-6-14-25/h9-12,15-16H,1-8,13-14,17H2. The predicted octanol–water partition coefficient (Wildman–Crippen LogP) is 7.16. The molecule has 2 aromatic rings. The highest BCUT2D eigenvalue weighted by Crippen LogP contribution is 2.37. The second kappa shape index (κ2) is 9.64. The molecule has 25 heavy (non-hydrogen) atoms. The fourth-order valence-corrected chi connectivity index (χ4v) is 4.21. The van der Waals surface area contributed by atoms with Crippen LogP contribution in [0.15, 0.2) is 36.4 Å². The van der Waals surface area contributed by atoms with Gasteiger partial charge in [0.2, 0.25) is 0 Å². The Morgan fingerprint density at radius 3 is 1.52 bits per heavy atom. The molecule has 0 aromatic heterocycles. The summed E-state index contributed by atoms with van der Waals surface area (Å²) < 4.78 is 0. The molecule has 0 saturated carbocycles. The summed E-state index contributed by atoms with van der Waals surface area (Å²) in [5.74, 6) is 1.57. The molecule has 0 spiro atoms. The van der Waals surface area contributed by atoms with Crippen molar-refractivity contribution in [2.24, 2.45) is 0 Å². The summed E-state index contributed by atoms with van der Waals surface area (Å²) in [7, 11) is 0. The SMILES string of the molecule is ClCCCCCc1ccc2c(c1)Cc1cc(CCCCCCl)ccc1-2. The second-order valence-electron chi connectivity index (χ2n) is 7.16. The van der Waals surface area contributed by atoms with Crippen LogP contribution in [0, 0.1) is 0 Å². The molecule has 0 atom stereocenters. The molecule has 2 aromatic carbocycles. The molecular formula is C23H28Cl2. The van der Waals surface area contributed by atoms with Crippen LogP contribution in [0.4, 0.5) is 0 Å². The van der Waals surface area contributed by atoms with Crippen LogP contribution in [-0.2, 0) is 19.3 Å². The summed E-state index contributed by atoms with van der Waals surface area (Å²) in [5.41, 5.74) is 8.83. The van der Waals surface area contributed by atoms with Crippen molar-refractivity contribution >= 4 is 23.2 Å². The van der Waals surface area contributed by atoms with Crippen molar-refractivity contribution in [1.82, 2.24) is 0 Å². The van der Waals surface area contributed by atoms with E-state index in [0.29, 0.717) is 0 Å². The van der Waals surface area contributed by atoms with E-state index in [1.54, 1.807) is 0 Å². The minimum Gasteiger partial charge on any atom is -0.127 e. The van der Waals surface area contributed by atoms with Crippen molar-refractivity contribution < 1.29 is 0 Å². The number of rotatable bonds is 10. The van der Waals surface area contributed by atoms with Crippen molar-refractivity contribution in [2.75, 3.05) is 11.8 Å². The largest absolute Gasteiger partial charge is 0.127 e. The van der Waals surface area contributed by atoms with Crippen LogP contribution in [0.5, 0.6) is 0 Å². The second-order valence-corrected chi connectivity index (χ2v) is 7.91. The number of halogens is 2. The van der Waals surface area contributed by atoms with E-state index < -0.39 is 0 Å². The molecule has 0 nitrogen and oxygen atoms in total. The molecule has 0 unspecified atom stereocenters. The Hall–Kier alpha value is -0.980. The van der Waals surface area contributed by atoms with Crippen LogP contribution < -0.4 is 0 Å². The Bertz CT molecular complexity index is 631. The van der Waals surface area contributed by atoms with Gasteiger partial charge in [-0.1, -0.05) is 49.2 Å². The Kier molecular flexibility index (Phi) is 7.25. The monoisotopic (exact) mass is 374 g/mol. The lowest BCUT2D eigenvalue weighted by Crippen LogP contribution is -1.90. The van der Waals surface area contributed by atoms with Crippen molar-refractivity contribution in [3.8, 4) is 11.1 Å². The number of hydrogen-bond donors (Lipinski definition) is 0. The first-order chi connectivity index (χ1) is 12.3. The van der Waals surface area contributed by atoms with E-state index in [0.717, 1.165) is 31.0 Å². The van der Waals surface area contributed by atoms with Crippen LogP contribution in [0.25, 0.3) is 11.1 Å². The highest BCUT2D eigenvalue weighted by Gasteiger charge is 2.18. The van der Waals surface area contributed by atoms with Crippen LogP contribution in [0.1, 0.15) is 60.8 Å². The van der Waals surface area contributed by atoms with Gasteiger partial charge >= 0.3 is 0 Å². The van der Waals surface area contributed by atoms with E-state index in [4.69, 9.17) is 23.2 Å². The summed E-state index contributed by atoms with van der Waals surface area (Å²) >= 11 is 11.5. The van der Waals surface area contributed by atoms with Crippen LogP contribution in [0.2, 0.25) is 0 Å². The number of alkyl halides is 2. The Morgan fingerprint density at radius 2 is 1.08 bits per heavy atom. The highest BCUT2D eigenvalue weighted by atomic mass is 35.5. The molecule has 0 saturated heterocycles. The molecule has 3 rings (SSSR count). The zero-order chi connectivity index (χ0) is 17.5. The number of hydrogen-bond acceptors (Lipinski definition) is 0. The fraction of sp³-hybridized carbons (Fsp3) is 0.478. The Morgan fingerprint density at radius 1 is 0.600 bits per heavy atom. The lowest BCUT2D eigenvalue weighted by atomic mass is 9.99. The van der Waals surface area contributed by atoms with Gasteiger partial charge in [-0.15, -0.1) is 23.2 Å². The average Bonchev–Trinajstić information content (AvgIpc) is 2.99. The number of aryl methyl sites for hydroxylation is 2. The minimum atomic E-state index is 0.785. The van der Waals surface area contributed by atoms with Gasteiger partial charge < -0.3 is 0 Å². The van der Waals surface area contributed by atoms with E-state index >= 15 is 0 Å². The molecule has 0 heterocycles. The van der Waals surface area contributed by atoms with Gasteiger partial charge in [0.05, 0.1) is 0 Å². The first-order valence-electron chi connectivity index (χ1n) is 9.67. The molecule has 0 aliphatic heterocycles. The van der Waals surface area contributed by atoms with Gasteiger partial charge in [0, 0.05) is 11.8 Å². The molecule has 0 radical (unpaired) electrons. The number of benzene rings is 2. The van der Waals surface area contributed by atoms with Crippen LogP contribution in [0.3, 0.4) is 0 Å². The van der Waals surface area contributed by atoms with Gasteiger partial charge in [-0.25, -0.2) is 0 Å². The van der Waals surface area contributed by atoms with Crippen LogP contribution in [-0.4, -0.2) is 11.8 Å². The zero-order valence-corrected chi connectivity index (χ0v) is 16.5. The van der Waals surface area contributed by atoms with E-state index in [1.807, 2.05) is 0 Å². The van der Waals surface area contributed by atoms with Gasteiger partial charge in [0.1, 0.15) is 0 Å². The van der Waals surface area contributed by atoms with Crippen molar-refractivity contribution in [3.63, 3.8) is 0 Å². The highest BCUT2D eigenvalue weighted by molar-refractivity contribution is 6.18. The summed E-state index contributed by atoms with van der Waals surface area (Å²) in [6, 6.07) is 14.1. The quantitative estimate of drug-likeness (QED) is 0.260. The van der Waals surface area contributed by atoms with Gasteiger partial charge in [0.25, 0.3) is 0 Å². The van der Waals surface area contributed by atoms with Gasteiger partial charge in [-0.3, -0.25) is 0 Å². The number of fused-ring (bicyclic) bond motifs is 3. The maximum Gasteiger partial charge on any atom is 0.0223 e. The molecular weight excluding hydrogens is 347 g/mol. The maximum atomic E-state index is 5.77. The third kappa shape index (κ3) is 5.02. The van der Waals surface area contributed by atoms with E-state index in [9.17, 15) is 0 Å².